The number of rotatable bonds is 7. The second kappa shape index (κ2) is 7.99. The number of aromatic amines is 1. The summed E-state index contributed by atoms with van der Waals surface area (Å²) in [5, 5.41) is 22.0. The number of amides is 1. The average molecular weight is 352 g/mol. The van der Waals surface area contributed by atoms with E-state index >= 15 is 0 Å². The normalized spacial score (nSPS) is 11.0. The van der Waals surface area contributed by atoms with Gasteiger partial charge in [-0.15, -0.1) is 0 Å². The molecule has 0 radical (unpaired) electrons. The lowest BCUT2D eigenvalue weighted by Gasteiger charge is -2.00. The van der Waals surface area contributed by atoms with Gasteiger partial charge in [-0.1, -0.05) is 23.4 Å². The SMILES string of the molecule is N=CC=Cc1ncc(-c2cccc(-c3noc(C(=O)NCCO)n3)c2)[nH]1. The van der Waals surface area contributed by atoms with Crippen molar-refractivity contribution in [3.05, 3.63) is 48.3 Å². The van der Waals surface area contributed by atoms with Crippen LogP contribution in [0.3, 0.4) is 0 Å². The Morgan fingerprint density at radius 1 is 1.38 bits per heavy atom. The molecule has 0 saturated carbocycles. The van der Waals surface area contributed by atoms with E-state index in [9.17, 15) is 4.79 Å². The predicted octanol–water partition coefficient (Wildman–Crippen LogP) is 1.51. The molecular formula is C17H16N6O3. The molecule has 0 aliphatic rings. The first-order valence-electron chi connectivity index (χ1n) is 7.77. The number of allylic oxidation sites excluding steroid dienone is 1. The van der Waals surface area contributed by atoms with Gasteiger partial charge in [-0.2, -0.15) is 4.98 Å². The van der Waals surface area contributed by atoms with Crippen molar-refractivity contribution in [1.82, 2.24) is 25.4 Å². The van der Waals surface area contributed by atoms with E-state index in [2.05, 4.69) is 25.4 Å². The molecule has 0 bridgehead atoms. The molecule has 0 saturated heterocycles. The van der Waals surface area contributed by atoms with Gasteiger partial charge in [0.15, 0.2) is 0 Å². The zero-order valence-corrected chi connectivity index (χ0v) is 13.6. The molecule has 132 valence electrons. The third-order valence-electron chi connectivity index (χ3n) is 3.40. The molecule has 4 N–H and O–H groups in total. The molecule has 0 aliphatic heterocycles. The molecule has 2 heterocycles. The lowest BCUT2D eigenvalue weighted by molar-refractivity contribution is 0.0901. The molecule has 1 aromatic carbocycles. The summed E-state index contributed by atoms with van der Waals surface area (Å²) in [6.45, 7) is -0.0590. The standard InChI is InChI=1S/C17H16N6O3/c18-6-2-5-14-20-10-13(21-14)11-3-1-4-12(9-11)15-22-17(26-23-15)16(25)19-7-8-24/h1-6,9-10,18,24H,7-8H2,(H,19,25)(H,20,21). The van der Waals surface area contributed by atoms with Crippen LogP contribution in [0.25, 0.3) is 28.7 Å². The summed E-state index contributed by atoms with van der Waals surface area (Å²) in [5.74, 6) is 0.213. The van der Waals surface area contributed by atoms with E-state index in [4.69, 9.17) is 15.0 Å². The number of hydrogen-bond donors (Lipinski definition) is 4. The fourth-order valence-corrected chi connectivity index (χ4v) is 2.21. The van der Waals surface area contributed by atoms with Crippen molar-refractivity contribution in [2.45, 2.75) is 0 Å². The summed E-state index contributed by atoms with van der Waals surface area (Å²) in [6, 6.07) is 7.38. The minimum absolute atomic E-state index is 0.112. The highest BCUT2D eigenvalue weighted by Gasteiger charge is 2.16. The van der Waals surface area contributed by atoms with Crippen LogP contribution < -0.4 is 5.32 Å². The highest BCUT2D eigenvalue weighted by molar-refractivity contribution is 5.89. The van der Waals surface area contributed by atoms with Crippen molar-refractivity contribution in [3.8, 4) is 22.6 Å². The van der Waals surface area contributed by atoms with E-state index < -0.39 is 5.91 Å². The van der Waals surface area contributed by atoms with E-state index in [0.717, 1.165) is 11.3 Å². The van der Waals surface area contributed by atoms with Crippen LogP contribution in [-0.2, 0) is 0 Å². The summed E-state index contributed by atoms with van der Waals surface area (Å²) in [4.78, 5) is 23.2. The number of nitrogens with zero attached hydrogens (tertiary/aromatic N) is 3. The highest BCUT2D eigenvalue weighted by Crippen LogP contribution is 2.24. The molecule has 9 nitrogen and oxygen atoms in total. The molecule has 0 fully saturated rings. The predicted molar refractivity (Wildman–Crippen MR) is 94.6 cm³/mol. The molecule has 0 aliphatic carbocycles. The minimum Gasteiger partial charge on any atom is -0.395 e. The number of imidazole rings is 1. The first-order valence-corrected chi connectivity index (χ1v) is 7.77. The van der Waals surface area contributed by atoms with Crippen LogP contribution in [0, 0.1) is 5.41 Å². The number of H-pyrrole nitrogens is 1. The largest absolute Gasteiger partial charge is 0.395 e. The van der Waals surface area contributed by atoms with E-state index in [1.54, 1.807) is 24.4 Å². The Morgan fingerprint density at radius 2 is 2.23 bits per heavy atom. The van der Waals surface area contributed by atoms with Gasteiger partial charge in [0.2, 0.25) is 5.82 Å². The van der Waals surface area contributed by atoms with Crippen molar-refractivity contribution in [2.24, 2.45) is 0 Å². The summed E-state index contributed by atoms with van der Waals surface area (Å²) in [7, 11) is 0. The molecule has 0 spiro atoms. The van der Waals surface area contributed by atoms with Gasteiger partial charge in [0.1, 0.15) is 5.82 Å². The maximum Gasteiger partial charge on any atom is 0.316 e. The van der Waals surface area contributed by atoms with Gasteiger partial charge < -0.3 is 25.3 Å². The van der Waals surface area contributed by atoms with Crippen molar-refractivity contribution in [3.63, 3.8) is 0 Å². The molecule has 2 aromatic heterocycles. The Bertz CT molecular complexity index is 943. The van der Waals surface area contributed by atoms with Crippen LogP contribution in [-0.4, -0.2) is 50.5 Å². The van der Waals surface area contributed by atoms with E-state index in [-0.39, 0.29) is 24.9 Å². The second-order valence-corrected chi connectivity index (χ2v) is 5.19. The molecule has 26 heavy (non-hydrogen) atoms. The van der Waals surface area contributed by atoms with Crippen molar-refractivity contribution >= 4 is 18.2 Å². The molecular weight excluding hydrogens is 336 g/mol. The number of hydrogen-bond acceptors (Lipinski definition) is 7. The molecule has 3 rings (SSSR count). The number of carbonyl (C=O) groups excluding carboxylic acids is 1. The number of carbonyl (C=O) groups is 1. The van der Waals surface area contributed by atoms with Gasteiger partial charge in [0, 0.05) is 23.9 Å². The molecule has 0 unspecified atom stereocenters. The van der Waals surface area contributed by atoms with Gasteiger partial charge in [-0.3, -0.25) is 4.79 Å². The van der Waals surface area contributed by atoms with Gasteiger partial charge in [-0.05, 0) is 18.2 Å². The van der Waals surface area contributed by atoms with Crippen molar-refractivity contribution in [2.75, 3.05) is 13.2 Å². The fourth-order valence-electron chi connectivity index (χ4n) is 2.21. The Kier molecular flexibility index (Phi) is 5.30. The molecule has 1 amide bonds. The van der Waals surface area contributed by atoms with Crippen LogP contribution in [0.5, 0.6) is 0 Å². The smallest absolute Gasteiger partial charge is 0.316 e. The van der Waals surface area contributed by atoms with Crippen LogP contribution >= 0.6 is 0 Å². The topological polar surface area (TPSA) is 141 Å². The third-order valence-corrected chi connectivity index (χ3v) is 3.40. The number of aromatic nitrogens is 4. The number of aliphatic hydroxyl groups is 1. The summed E-state index contributed by atoms with van der Waals surface area (Å²) < 4.78 is 4.97. The zero-order valence-electron chi connectivity index (χ0n) is 13.6. The maximum absolute atomic E-state index is 11.8. The third kappa shape index (κ3) is 3.90. The summed E-state index contributed by atoms with van der Waals surface area (Å²) in [6.07, 6.45) is 6.12. The van der Waals surface area contributed by atoms with Crippen molar-refractivity contribution < 1.29 is 14.4 Å². The highest BCUT2D eigenvalue weighted by atomic mass is 16.5. The molecule has 0 atom stereocenters. The zero-order chi connectivity index (χ0) is 18.4. The Morgan fingerprint density at radius 3 is 3.04 bits per heavy atom. The van der Waals surface area contributed by atoms with Crippen LogP contribution in [0.1, 0.15) is 16.5 Å². The first-order chi connectivity index (χ1) is 12.7. The van der Waals surface area contributed by atoms with E-state index in [1.165, 1.54) is 6.21 Å². The average Bonchev–Trinajstić information content (AvgIpc) is 3.34. The van der Waals surface area contributed by atoms with Gasteiger partial charge in [0.25, 0.3) is 0 Å². The molecule has 9 heteroatoms. The number of aliphatic hydroxyl groups excluding tert-OH is 1. The van der Waals surface area contributed by atoms with Crippen LogP contribution in [0.4, 0.5) is 0 Å². The van der Waals surface area contributed by atoms with Gasteiger partial charge in [0.05, 0.1) is 18.5 Å². The Labute approximate surface area is 148 Å². The number of benzene rings is 1. The maximum atomic E-state index is 11.8. The summed E-state index contributed by atoms with van der Waals surface area (Å²) >= 11 is 0. The molecule has 3 aromatic rings. The van der Waals surface area contributed by atoms with Crippen LogP contribution in [0.2, 0.25) is 0 Å². The minimum atomic E-state index is -0.537. The van der Waals surface area contributed by atoms with Gasteiger partial charge in [-0.25, -0.2) is 4.98 Å². The quantitative estimate of drug-likeness (QED) is 0.475. The number of nitrogens with one attached hydrogen (secondary N) is 3. The van der Waals surface area contributed by atoms with Crippen molar-refractivity contribution in [1.29, 1.82) is 5.41 Å². The van der Waals surface area contributed by atoms with Gasteiger partial charge >= 0.3 is 11.8 Å². The lowest BCUT2D eigenvalue weighted by atomic mass is 10.1. The Hall–Kier alpha value is -3.59. The van der Waals surface area contributed by atoms with Crippen LogP contribution in [0.15, 0.2) is 41.1 Å². The van der Waals surface area contributed by atoms with E-state index in [1.807, 2.05) is 18.2 Å². The first kappa shape index (κ1) is 17.2. The Balaban J connectivity index is 1.82. The van der Waals surface area contributed by atoms with E-state index in [0.29, 0.717) is 11.4 Å². The lowest BCUT2D eigenvalue weighted by Crippen LogP contribution is -2.26. The summed E-state index contributed by atoms with van der Waals surface area (Å²) in [5.41, 5.74) is 2.33. The second-order valence-electron chi connectivity index (χ2n) is 5.19. The monoisotopic (exact) mass is 352 g/mol. The fraction of sp³-hybridized carbons (Fsp3) is 0.118.